The fourth-order valence-corrected chi connectivity index (χ4v) is 2.33. The summed E-state index contributed by atoms with van der Waals surface area (Å²) in [5.74, 6) is 1.58. The molecule has 4 nitrogen and oxygen atoms in total. The van der Waals surface area contributed by atoms with E-state index in [-0.39, 0.29) is 5.97 Å². The summed E-state index contributed by atoms with van der Waals surface area (Å²) >= 11 is 0. The Hall–Kier alpha value is -1.71. The quantitative estimate of drug-likeness (QED) is 0.742. The van der Waals surface area contributed by atoms with Gasteiger partial charge < -0.3 is 14.2 Å². The number of carbonyl (C=O) groups is 1. The molecule has 0 aromatic heterocycles. The van der Waals surface area contributed by atoms with Gasteiger partial charge in [-0.3, -0.25) is 4.79 Å². The molecule has 0 saturated carbocycles. The van der Waals surface area contributed by atoms with Crippen LogP contribution in [0.1, 0.15) is 58.1 Å². The molecule has 0 radical (unpaired) electrons. The Morgan fingerprint density at radius 3 is 2.14 bits per heavy atom. The zero-order valence-electron chi connectivity index (χ0n) is 14.8. The van der Waals surface area contributed by atoms with Gasteiger partial charge in [-0.15, -0.1) is 0 Å². The van der Waals surface area contributed by atoms with Crippen molar-refractivity contribution in [1.82, 2.24) is 0 Å². The van der Waals surface area contributed by atoms with E-state index in [9.17, 15) is 4.79 Å². The Labute approximate surface area is 133 Å². The number of hydrogen-bond acceptors (Lipinski definition) is 4. The summed E-state index contributed by atoms with van der Waals surface area (Å²) in [6.07, 6.45) is 0.880. The highest BCUT2D eigenvalue weighted by Gasteiger charge is 2.20. The van der Waals surface area contributed by atoms with Crippen molar-refractivity contribution in [3.05, 3.63) is 23.3 Å². The maximum absolute atomic E-state index is 11.9. The minimum Gasteiger partial charge on any atom is -0.493 e. The molecule has 0 unspecified atom stereocenters. The first-order valence-electron chi connectivity index (χ1n) is 7.65. The third kappa shape index (κ3) is 4.93. The summed E-state index contributed by atoms with van der Waals surface area (Å²) in [4.78, 5) is 11.9. The molecule has 22 heavy (non-hydrogen) atoms. The molecule has 0 spiro atoms. The van der Waals surface area contributed by atoms with Gasteiger partial charge in [0.25, 0.3) is 0 Å². The number of benzene rings is 1. The molecule has 0 aliphatic heterocycles. The fourth-order valence-electron chi connectivity index (χ4n) is 2.33. The first kappa shape index (κ1) is 18.3. The molecule has 0 fully saturated rings. The highest BCUT2D eigenvalue weighted by molar-refractivity contribution is 5.70. The lowest BCUT2D eigenvalue weighted by Crippen LogP contribution is -2.24. The van der Waals surface area contributed by atoms with Gasteiger partial charge in [0.2, 0.25) is 0 Å². The van der Waals surface area contributed by atoms with Crippen LogP contribution in [0.3, 0.4) is 0 Å². The molecule has 0 aliphatic carbocycles. The molecular weight excluding hydrogens is 280 g/mol. The summed E-state index contributed by atoms with van der Waals surface area (Å²) in [6.45, 7) is 9.82. The molecule has 1 aromatic rings. The van der Waals surface area contributed by atoms with E-state index in [1.165, 1.54) is 0 Å². The largest absolute Gasteiger partial charge is 0.493 e. The Morgan fingerprint density at radius 2 is 1.68 bits per heavy atom. The van der Waals surface area contributed by atoms with Gasteiger partial charge in [-0.05, 0) is 38.7 Å². The smallest absolute Gasteiger partial charge is 0.306 e. The van der Waals surface area contributed by atoms with Gasteiger partial charge in [0, 0.05) is 12.0 Å². The minimum absolute atomic E-state index is 0.207. The number of carbonyl (C=O) groups excluding carboxylic acids is 1. The molecule has 0 heterocycles. The van der Waals surface area contributed by atoms with Gasteiger partial charge in [-0.25, -0.2) is 0 Å². The average Bonchev–Trinajstić information content (AvgIpc) is 2.41. The van der Waals surface area contributed by atoms with Crippen LogP contribution < -0.4 is 9.47 Å². The van der Waals surface area contributed by atoms with Gasteiger partial charge in [0.15, 0.2) is 11.5 Å². The molecule has 1 aromatic carbocycles. The van der Waals surface area contributed by atoms with Crippen LogP contribution in [-0.4, -0.2) is 25.8 Å². The lowest BCUT2D eigenvalue weighted by atomic mass is 9.97. The maximum Gasteiger partial charge on any atom is 0.306 e. The predicted molar refractivity (Wildman–Crippen MR) is 87.8 cm³/mol. The lowest BCUT2D eigenvalue weighted by Gasteiger charge is -2.20. The summed E-state index contributed by atoms with van der Waals surface area (Å²) < 4.78 is 16.4. The summed E-state index contributed by atoms with van der Waals surface area (Å²) in [5.41, 5.74) is 1.59. The van der Waals surface area contributed by atoms with Crippen LogP contribution in [0.25, 0.3) is 0 Å². The number of rotatable bonds is 6. The maximum atomic E-state index is 11.9. The van der Waals surface area contributed by atoms with Crippen LogP contribution in [0.5, 0.6) is 11.5 Å². The van der Waals surface area contributed by atoms with E-state index in [1.807, 2.05) is 32.9 Å². The molecular formula is C18H28O4. The number of esters is 1. The molecule has 0 N–H and O–H groups in total. The van der Waals surface area contributed by atoms with Crippen molar-refractivity contribution < 1.29 is 19.0 Å². The second kappa shape index (κ2) is 7.52. The van der Waals surface area contributed by atoms with Gasteiger partial charge >= 0.3 is 5.97 Å². The third-order valence-corrected chi connectivity index (χ3v) is 3.27. The van der Waals surface area contributed by atoms with E-state index in [2.05, 4.69) is 13.8 Å². The topological polar surface area (TPSA) is 44.8 Å². The highest BCUT2D eigenvalue weighted by atomic mass is 16.6. The van der Waals surface area contributed by atoms with Crippen molar-refractivity contribution in [2.75, 3.05) is 14.2 Å². The molecule has 0 amide bonds. The predicted octanol–water partition coefficient (Wildman–Crippen LogP) is 4.10. The minimum atomic E-state index is -0.458. The van der Waals surface area contributed by atoms with Gasteiger partial charge in [0.05, 0.1) is 14.2 Å². The first-order valence-corrected chi connectivity index (χ1v) is 7.65. The van der Waals surface area contributed by atoms with E-state index in [4.69, 9.17) is 14.2 Å². The summed E-state index contributed by atoms with van der Waals surface area (Å²) in [7, 11) is 3.26. The Morgan fingerprint density at radius 1 is 1.09 bits per heavy atom. The fraction of sp³-hybridized carbons (Fsp3) is 0.611. The standard InChI is InChI=1S/C18H28O4/c1-12(2)14-10-8-13(16(20-6)17(14)21-7)9-11-15(19)22-18(3,4)5/h8,10,12H,9,11H2,1-7H3. The number of hydrogen-bond donors (Lipinski definition) is 0. The molecule has 0 bridgehead atoms. The van der Waals surface area contributed by atoms with Crippen molar-refractivity contribution in [2.45, 2.75) is 59.0 Å². The van der Waals surface area contributed by atoms with E-state index in [1.54, 1.807) is 14.2 Å². The molecule has 1 rings (SSSR count). The van der Waals surface area contributed by atoms with Crippen LogP contribution in [-0.2, 0) is 16.0 Å². The zero-order chi connectivity index (χ0) is 16.9. The van der Waals surface area contributed by atoms with Crippen LogP contribution in [0.2, 0.25) is 0 Å². The summed E-state index contributed by atoms with van der Waals surface area (Å²) in [6, 6.07) is 4.04. The van der Waals surface area contributed by atoms with Gasteiger partial charge in [-0.2, -0.15) is 0 Å². The van der Waals surface area contributed by atoms with Crippen LogP contribution in [0.15, 0.2) is 12.1 Å². The molecule has 0 atom stereocenters. The van der Waals surface area contributed by atoms with Crippen LogP contribution in [0, 0.1) is 0 Å². The number of methoxy groups -OCH3 is 2. The van der Waals surface area contributed by atoms with Crippen LogP contribution in [0.4, 0.5) is 0 Å². The first-order chi connectivity index (χ1) is 10.2. The van der Waals surface area contributed by atoms with Crippen molar-refractivity contribution in [2.24, 2.45) is 0 Å². The molecule has 0 aliphatic rings. The van der Waals surface area contributed by atoms with Crippen molar-refractivity contribution >= 4 is 5.97 Å². The molecule has 0 saturated heterocycles. The van der Waals surface area contributed by atoms with E-state index < -0.39 is 5.60 Å². The molecule has 4 heteroatoms. The lowest BCUT2D eigenvalue weighted by molar-refractivity contribution is -0.154. The van der Waals surface area contributed by atoms with Crippen LogP contribution >= 0.6 is 0 Å². The molecule has 124 valence electrons. The van der Waals surface area contributed by atoms with Crippen molar-refractivity contribution in [3.63, 3.8) is 0 Å². The SMILES string of the molecule is COc1c(CCC(=O)OC(C)(C)C)ccc(C(C)C)c1OC. The average molecular weight is 308 g/mol. The number of ether oxygens (including phenoxy) is 3. The van der Waals surface area contributed by atoms with E-state index >= 15 is 0 Å². The second-order valence-corrected chi connectivity index (χ2v) is 6.62. The third-order valence-electron chi connectivity index (χ3n) is 3.27. The monoisotopic (exact) mass is 308 g/mol. The Bertz CT molecular complexity index is 513. The normalized spacial score (nSPS) is 11.5. The van der Waals surface area contributed by atoms with E-state index in [0.717, 1.165) is 16.9 Å². The van der Waals surface area contributed by atoms with E-state index in [0.29, 0.717) is 24.5 Å². The van der Waals surface area contributed by atoms with Gasteiger partial charge in [-0.1, -0.05) is 26.0 Å². The van der Waals surface area contributed by atoms with Gasteiger partial charge in [0.1, 0.15) is 5.60 Å². The zero-order valence-corrected chi connectivity index (χ0v) is 14.8. The summed E-state index contributed by atoms with van der Waals surface area (Å²) in [5, 5.41) is 0. The second-order valence-electron chi connectivity index (χ2n) is 6.62. The Kier molecular flexibility index (Phi) is 6.27. The number of aryl methyl sites for hydroxylation is 1. The van der Waals surface area contributed by atoms with Crippen molar-refractivity contribution in [3.8, 4) is 11.5 Å². The highest BCUT2D eigenvalue weighted by Crippen LogP contribution is 2.38. The van der Waals surface area contributed by atoms with Crippen molar-refractivity contribution in [1.29, 1.82) is 0 Å². The Balaban J connectivity index is 2.94.